The lowest BCUT2D eigenvalue weighted by atomic mass is 10.3. The van der Waals surface area contributed by atoms with E-state index in [2.05, 4.69) is 20.8 Å². The molecular formula is C12H13Cl2FN4O. The van der Waals surface area contributed by atoms with Crippen molar-refractivity contribution in [3.63, 3.8) is 0 Å². The van der Waals surface area contributed by atoms with E-state index < -0.39 is 5.82 Å². The highest BCUT2D eigenvalue weighted by atomic mass is 35.5. The number of anilines is 2. The highest BCUT2D eigenvalue weighted by Crippen LogP contribution is 2.28. The molecule has 1 aromatic carbocycles. The van der Waals surface area contributed by atoms with Crippen LogP contribution in [-0.2, 0) is 6.54 Å². The summed E-state index contributed by atoms with van der Waals surface area (Å²) in [6, 6.07) is 3.27. The Morgan fingerprint density at radius 2 is 1.90 bits per heavy atom. The normalized spacial score (nSPS) is 11.1. The van der Waals surface area contributed by atoms with Crippen molar-refractivity contribution in [2.75, 3.05) is 5.32 Å². The van der Waals surface area contributed by atoms with Gasteiger partial charge in [0, 0.05) is 11.7 Å². The number of nitrogens with zero attached hydrogens (tertiary/aromatic N) is 2. The Morgan fingerprint density at radius 1 is 1.25 bits per heavy atom. The van der Waals surface area contributed by atoms with Gasteiger partial charge in [0.2, 0.25) is 5.89 Å². The van der Waals surface area contributed by atoms with Gasteiger partial charge in [-0.15, -0.1) is 5.10 Å². The molecule has 8 heteroatoms. The molecule has 0 saturated heterocycles. The van der Waals surface area contributed by atoms with Crippen molar-refractivity contribution in [3.05, 3.63) is 33.9 Å². The Kier molecular flexibility index (Phi) is 4.80. The summed E-state index contributed by atoms with van der Waals surface area (Å²) in [5.74, 6) is -0.216. The summed E-state index contributed by atoms with van der Waals surface area (Å²) in [6.07, 6.45) is 0. The molecule has 0 radical (unpaired) electrons. The minimum Gasteiger partial charge on any atom is -0.406 e. The second-order valence-electron chi connectivity index (χ2n) is 4.42. The molecule has 1 aromatic heterocycles. The van der Waals surface area contributed by atoms with Crippen LogP contribution in [0.15, 0.2) is 16.5 Å². The van der Waals surface area contributed by atoms with Crippen LogP contribution in [0.4, 0.5) is 16.1 Å². The standard InChI is InChI=1S/C12H13Cl2FN4O/c1-6(2)16-5-10-18-19-12(20-10)17-7-3-8(13)11(15)9(14)4-7/h3-4,6,16H,5H2,1-2H3,(H,17,19). The van der Waals surface area contributed by atoms with Crippen LogP contribution >= 0.6 is 23.2 Å². The molecule has 108 valence electrons. The predicted octanol–water partition coefficient (Wildman–Crippen LogP) is 3.76. The lowest BCUT2D eigenvalue weighted by molar-refractivity contribution is 0.460. The van der Waals surface area contributed by atoms with Crippen LogP contribution in [0, 0.1) is 5.82 Å². The maximum Gasteiger partial charge on any atom is 0.320 e. The Balaban J connectivity index is 2.07. The molecule has 5 nitrogen and oxygen atoms in total. The van der Waals surface area contributed by atoms with E-state index in [4.69, 9.17) is 27.6 Å². The molecule has 2 rings (SSSR count). The number of halogens is 3. The SMILES string of the molecule is CC(C)NCc1nnc(Nc2cc(Cl)c(F)c(Cl)c2)o1. The van der Waals surface area contributed by atoms with E-state index in [1.165, 1.54) is 12.1 Å². The maximum absolute atomic E-state index is 13.3. The Labute approximate surface area is 125 Å². The van der Waals surface area contributed by atoms with E-state index in [0.717, 1.165) is 0 Å². The molecule has 0 aliphatic heterocycles. The molecule has 2 aromatic rings. The predicted molar refractivity (Wildman–Crippen MR) is 76.0 cm³/mol. The zero-order chi connectivity index (χ0) is 14.7. The number of hydrogen-bond acceptors (Lipinski definition) is 5. The van der Waals surface area contributed by atoms with E-state index in [1.807, 2.05) is 13.8 Å². The fourth-order valence-electron chi connectivity index (χ4n) is 1.42. The molecule has 0 spiro atoms. The van der Waals surface area contributed by atoms with Crippen LogP contribution in [0.2, 0.25) is 10.0 Å². The van der Waals surface area contributed by atoms with E-state index in [1.54, 1.807) is 0 Å². The summed E-state index contributed by atoms with van der Waals surface area (Å²) in [5.41, 5.74) is 0.466. The van der Waals surface area contributed by atoms with Gasteiger partial charge in [0.05, 0.1) is 16.6 Å². The van der Waals surface area contributed by atoms with Crippen LogP contribution in [-0.4, -0.2) is 16.2 Å². The molecule has 0 aliphatic rings. The van der Waals surface area contributed by atoms with Crippen molar-refractivity contribution in [1.29, 1.82) is 0 Å². The number of nitrogens with one attached hydrogen (secondary N) is 2. The highest BCUT2D eigenvalue weighted by Gasteiger charge is 2.10. The van der Waals surface area contributed by atoms with Gasteiger partial charge >= 0.3 is 6.01 Å². The summed E-state index contributed by atoms with van der Waals surface area (Å²) in [6.45, 7) is 4.49. The molecule has 0 fully saturated rings. The lowest BCUT2D eigenvalue weighted by Crippen LogP contribution is -2.21. The van der Waals surface area contributed by atoms with E-state index in [-0.39, 0.29) is 16.1 Å². The topological polar surface area (TPSA) is 63.0 Å². The average Bonchev–Trinajstić information content (AvgIpc) is 2.81. The maximum atomic E-state index is 13.3. The Bertz CT molecular complexity index is 580. The highest BCUT2D eigenvalue weighted by molar-refractivity contribution is 6.35. The summed E-state index contributed by atoms with van der Waals surface area (Å²) in [4.78, 5) is 0. The average molecular weight is 319 g/mol. The second-order valence-corrected chi connectivity index (χ2v) is 5.23. The number of rotatable bonds is 5. The third kappa shape index (κ3) is 3.82. The number of benzene rings is 1. The van der Waals surface area contributed by atoms with Gasteiger partial charge in [0.25, 0.3) is 0 Å². The van der Waals surface area contributed by atoms with E-state index in [0.29, 0.717) is 24.2 Å². The Hall–Kier alpha value is -1.37. The van der Waals surface area contributed by atoms with Crippen LogP contribution in [0.25, 0.3) is 0 Å². The third-order valence-electron chi connectivity index (χ3n) is 2.36. The van der Waals surface area contributed by atoms with Crippen molar-refractivity contribution in [2.45, 2.75) is 26.4 Å². The monoisotopic (exact) mass is 318 g/mol. The summed E-state index contributed by atoms with van der Waals surface area (Å²) in [5, 5.41) is 13.5. The largest absolute Gasteiger partial charge is 0.406 e. The van der Waals surface area contributed by atoms with Crippen LogP contribution in [0.1, 0.15) is 19.7 Å². The van der Waals surface area contributed by atoms with Gasteiger partial charge in [0.15, 0.2) is 5.82 Å². The zero-order valence-corrected chi connectivity index (χ0v) is 12.4. The minimum atomic E-state index is -0.661. The summed E-state index contributed by atoms with van der Waals surface area (Å²) in [7, 11) is 0. The van der Waals surface area contributed by atoms with Crippen molar-refractivity contribution >= 4 is 34.9 Å². The van der Waals surface area contributed by atoms with Crippen LogP contribution in [0.3, 0.4) is 0 Å². The van der Waals surface area contributed by atoms with Crippen LogP contribution < -0.4 is 10.6 Å². The Morgan fingerprint density at radius 3 is 2.50 bits per heavy atom. The molecular weight excluding hydrogens is 306 g/mol. The van der Waals surface area contributed by atoms with Crippen molar-refractivity contribution in [1.82, 2.24) is 15.5 Å². The zero-order valence-electron chi connectivity index (χ0n) is 10.9. The van der Waals surface area contributed by atoms with Gasteiger partial charge in [-0.3, -0.25) is 0 Å². The van der Waals surface area contributed by atoms with Gasteiger partial charge in [-0.25, -0.2) is 4.39 Å². The molecule has 20 heavy (non-hydrogen) atoms. The molecule has 0 bridgehead atoms. The molecule has 0 atom stereocenters. The van der Waals surface area contributed by atoms with Crippen LogP contribution in [0.5, 0.6) is 0 Å². The first-order chi connectivity index (χ1) is 9.45. The molecule has 2 N–H and O–H groups in total. The molecule has 0 unspecified atom stereocenters. The van der Waals surface area contributed by atoms with Gasteiger partial charge in [-0.05, 0) is 12.1 Å². The first-order valence-electron chi connectivity index (χ1n) is 5.93. The quantitative estimate of drug-likeness (QED) is 0.822. The lowest BCUT2D eigenvalue weighted by Gasteiger charge is -2.05. The van der Waals surface area contributed by atoms with Crippen molar-refractivity contribution < 1.29 is 8.81 Å². The van der Waals surface area contributed by atoms with Crippen molar-refractivity contribution in [2.24, 2.45) is 0 Å². The first kappa shape index (κ1) is 15.0. The third-order valence-corrected chi connectivity index (χ3v) is 2.91. The molecule has 1 heterocycles. The smallest absolute Gasteiger partial charge is 0.320 e. The van der Waals surface area contributed by atoms with Gasteiger partial charge in [0.1, 0.15) is 0 Å². The summed E-state index contributed by atoms with van der Waals surface area (Å²) < 4.78 is 18.7. The second kappa shape index (κ2) is 6.39. The van der Waals surface area contributed by atoms with E-state index >= 15 is 0 Å². The molecule has 0 amide bonds. The molecule has 0 saturated carbocycles. The van der Waals surface area contributed by atoms with Gasteiger partial charge in [-0.1, -0.05) is 42.1 Å². The van der Waals surface area contributed by atoms with Gasteiger partial charge < -0.3 is 15.1 Å². The summed E-state index contributed by atoms with van der Waals surface area (Å²) >= 11 is 11.4. The number of hydrogen-bond donors (Lipinski definition) is 2. The fourth-order valence-corrected chi connectivity index (χ4v) is 1.91. The minimum absolute atomic E-state index is 0.0822. The number of aromatic nitrogens is 2. The first-order valence-corrected chi connectivity index (χ1v) is 6.68. The fraction of sp³-hybridized carbons (Fsp3) is 0.333. The van der Waals surface area contributed by atoms with E-state index in [9.17, 15) is 4.39 Å². The van der Waals surface area contributed by atoms with Gasteiger partial charge in [-0.2, -0.15) is 0 Å². The molecule has 0 aliphatic carbocycles. The van der Waals surface area contributed by atoms with Crippen molar-refractivity contribution in [3.8, 4) is 0 Å².